The first-order valence-electron chi connectivity index (χ1n) is 7.83. The fraction of sp³-hybridized carbons (Fsp3) is 0.471. The highest BCUT2D eigenvalue weighted by molar-refractivity contribution is 6.30. The Kier molecular flexibility index (Phi) is 4.52. The highest BCUT2D eigenvalue weighted by Gasteiger charge is 2.28. The van der Waals surface area contributed by atoms with Crippen molar-refractivity contribution in [1.82, 2.24) is 9.78 Å². The van der Waals surface area contributed by atoms with Crippen molar-refractivity contribution in [2.45, 2.75) is 39.5 Å². The van der Waals surface area contributed by atoms with Gasteiger partial charge in [-0.15, -0.1) is 0 Å². The van der Waals surface area contributed by atoms with Crippen LogP contribution in [0, 0.1) is 6.92 Å². The van der Waals surface area contributed by atoms with Crippen molar-refractivity contribution in [2.75, 3.05) is 13.1 Å². The summed E-state index contributed by atoms with van der Waals surface area (Å²) >= 11 is 6.61. The van der Waals surface area contributed by atoms with E-state index in [1.807, 2.05) is 41.9 Å². The van der Waals surface area contributed by atoms with Crippen LogP contribution < -0.4 is 4.90 Å². The van der Waals surface area contributed by atoms with Gasteiger partial charge in [0.05, 0.1) is 16.9 Å². The third-order valence-corrected chi connectivity index (χ3v) is 4.55. The lowest BCUT2D eigenvalue weighted by Gasteiger charge is -2.32. The number of aryl methyl sites for hydroxylation is 1. The second kappa shape index (κ2) is 6.41. The molecular formula is C17H23ClN3O+. The van der Waals surface area contributed by atoms with Crippen molar-refractivity contribution < 1.29 is 9.64 Å². The summed E-state index contributed by atoms with van der Waals surface area (Å²) in [5.41, 5.74) is 3.15. The number of nitrogens with zero attached hydrogens (tertiary/aromatic N) is 2. The molecular weight excluding hydrogens is 298 g/mol. The fourth-order valence-electron chi connectivity index (χ4n) is 3.26. The Bertz CT molecular complexity index is 631. The largest absolute Gasteiger partial charge is 0.364 e. The quantitative estimate of drug-likeness (QED) is 0.938. The highest BCUT2D eigenvalue weighted by Crippen LogP contribution is 2.22. The molecule has 1 aliphatic rings. The Morgan fingerprint density at radius 1 is 1.23 bits per heavy atom. The van der Waals surface area contributed by atoms with Gasteiger partial charge in [-0.3, -0.25) is 0 Å². The topological polar surface area (TPSA) is 31.5 Å². The first-order chi connectivity index (χ1) is 10.5. The van der Waals surface area contributed by atoms with Crippen LogP contribution in [0.5, 0.6) is 0 Å². The van der Waals surface area contributed by atoms with Gasteiger partial charge in [-0.1, -0.05) is 29.8 Å². The summed E-state index contributed by atoms with van der Waals surface area (Å²) < 4.78 is 7.65. The minimum Gasteiger partial charge on any atom is -0.364 e. The minimum absolute atomic E-state index is 0.294. The van der Waals surface area contributed by atoms with Gasteiger partial charge in [-0.2, -0.15) is 5.10 Å². The lowest BCUT2D eigenvalue weighted by Crippen LogP contribution is -3.14. The number of hydrogen-bond donors (Lipinski definition) is 1. The predicted octanol–water partition coefficient (Wildman–Crippen LogP) is 2.03. The maximum atomic E-state index is 6.61. The van der Waals surface area contributed by atoms with E-state index in [2.05, 4.69) is 18.9 Å². The molecule has 1 fully saturated rings. The Morgan fingerprint density at radius 3 is 2.50 bits per heavy atom. The van der Waals surface area contributed by atoms with Crippen LogP contribution in [0.3, 0.4) is 0 Å². The average molecular weight is 321 g/mol. The van der Waals surface area contributed by atoms with Gasteiger partial charge < -0.3 is 9.64 Å². The summed E-state index contributed by atoms with van der Waals surface area (Å²) in [5, 5.41) is 5.35. The van der Waals surface area contributed by atoms with Gasteiger partial charge in [0.2, 0.25) is 0 Å². The SMILES string of the molecule is Cc1nn(-c2ccccc2)c(Cl)c1C[NH+]1C[C@H](C)O[C@@H](C)C1. The van der Waals surface area contributed by atoms with Crippen LogP contribution in [0.1, 0.15) is 25.1 Å². The molecule has 0 amide bonds. The van der Waals surface area contributed by atoms with E-state index >= 15 is 0 Å². The number of ether oxygens (including phenoxy) is 1. The van der Waals surface area contributed by atoms with Crippen molar-refractivity contribution in [3.05, 3.63) is 46.7 Å². The molecule has 1 aromatic carbocycles. The molecule has 22 heavy (non-hydrogen) atoms. The van der Waals surface area contributed by atoms with Crippen LogP contribution in [0.15, 0.2) is 30.3 Å². The van der Waals surface area contributed by atoms with E-state index in [1.165, 1.54) is 4.90 Å². The number of hydrogen-bond acceptors (Lipinski definition) is 2. The van der Waals surface area contributed by atoms with Crippen molar-refractivity contribution in [2.24, 2.45) is 0 Å². The van der Waals surface area contributed by atoms with E-state index in [0.29, 0.717) is 12.2 Å². The standard InChI is InChI=1S/C17H22ClN3O/c1-12-9-20(10-13(2)22-12)11-16-14(3)19-21(17(16)18)15-7-5-4-6-8-15/h4-8,12-13H,9-11H2,1-3H3/p+1/t12-,13-/m0/s1. The first kappa shape index (κ1) is 15.5. The maximum Gasteiger partial charge on any atom is 0.142 e. The number of para-hydroxylation sites is 1. The zero-order chi connectivity index (χ0) is 15.7. The first-order valence-corrected chi connectivity index (χ1v) is 8.21. The molecule has 5 heteroatoms. The maximum absolute atomic E-state index is 6.61. The second-order valence-corrected chi connectivity index (χ2v) is 6.55. The number of aromatic nitrogens is 2. The monoisotopic (exact) mass is 320 g/mol. The molecule has 1 aromatic heterocycles. The van der Waals surface area contributed by atoms with Crippen molar-refractivity contribution in [3.63, 3.8) is 0 Å². The van der Waals surface area contributed by atoms with Gasteiger partial charge in [0.15, 0.2) is 0 Å². The molecule has 0 aliphatic carbocycles. The molecule has 0 radical (unpaired) electrons. The molecule has 2 atom stereocenters. The molecule has 4 nitrogen and oxygen atoms in total. The summed E-state index contributed by atoms with van der Waals surface area (Å²) in [6.45, 7) is 9.23. The Morgan fingerprint density at radius 2 is 1.86 bits per heavy atom. The minimum atomic E-state index is 0.294. The number of rotatable bonds is 3. The van der Waals surface area contributed by atoms with Gasteiger partial charge >= 0.3 is 0 Å². The summed E-state index contributed by atoms with van der Waals surface area (Å²) in [6.07, 6.45) is 0.587. The molecule has 0 bridgehead atoms. The van der Waals surface area contributed by atoms with Crippen LogP contribution in [-0.4, -0.2) is 35.1 Å². The van der Waals surface area contributed by atoms with E-state index in [0.717, 1.165) is 41.7 Å². The predicted molar refractivity (Wildman–Crippen MR) is 87.7 cm³/mol. The fourth-order valence-corrected chi connectivity index (χ4v) is 3.59. The zero-order valence-corrected chi connectivity index (χ0v) is 14.1. The lowest BCUT2D eigenvalue weighted by molar-refractivity contribution is -0.928. The van der Waals surface area contributed by atoms with Gasteiger partial charge in [0.25, 0.3) is 0 Å². The Balaban J connectivity index is 1.84. The zero-order valence-electron chi connectivity index (χ0n) is 13.3. The summed E-state index contributed by atoms with van der Waals surface area (Å²) in [6, 6.07) is 10.0. The van der Waals surface area contributed by atoms with Crippen molar-refractivity contribution in [3.8, 4) is 5.69 Å². The van der Waals surface area contributed by atoms with E-state index in [1.54, 1.807) is 0 Å². The number of morpholine rings is 1. The number of nitrogens with one attached hydrogen (secondary N) is 1. The number of benzene rings is 1. The molecule has 1 N–H and O–H groups in total. The van der Waals surface area contributed by atoms with Crippen LogP contribution in [0.2, 0.25) is 5.15 Å². The van der Waals surface area contributed by atoms with Crippen molar-refractivity contribution >= 4 is 11.6 Å². The van der Waals surface area contributed by atoms with Gasteiger partial charge in [-0.25, -0.2) is 4.68 Å². The molecule has 0 unspecified atom stereocenters. The number of halogens is 1. The van der Waals surface area contributed by atoms with Gasteiger partial charge in [-0.05, 0) is 32.9 Å². The smallest absolute Gasteiger partial charge is 0.142 e. The number of quaternary nitrogens is 1. The normalized spacial score (nSPS) is 25.4. The van der Waals surface area contributed by atoms with Crippen molar-refractivity contribution in [1.29, 1.82) is 0 Å². The van der Waals surface area contributed by atoms with E-state index < -0.39 is 0 Å². The molecule has 118 valence electrons. The average Bonchev–Trinajstić information content (AvgIpc) is 2.75. The molecule has 2 heterocycles. The van der Waals surface area contributed by atoms with E-state index in [-0.39, 0.29) is 0 Å². The van der Waals surface area contributed by atoms with Crippen LogP contribution in [0.25, 0.3) is 5.69 Å². The van der Waals surface area contributed by atoms with Gasteiger partial charge in [0, 0.05) is 0 Å². The third kappa shape index (κ3) is 3.19. The third-order valence-electron chi connectivity index (χ3n) is 4.17. The summed E-state index contributed by atoms with van der Waals surface area (Å²) in [4.78, 5) is 1.50. The molecule has 0 saturated carbocycles. The van der Waals surface area contributed by atoms with E-state index in [4.69, 9.17) is 16.3 Å². The van der Waals surface area contributed by atoms with Crippen LogP contribution >= 0.6 is 11.6 Å². The van der Waals surface area contributed by atoms with Crippen LogP contribution in [-0.2, 0) is 11.3 Å². The molecule has 3 rings (SSSR count). The van der Waals surface area contributed by atoms with Gasteiger partial charge in [0.1, 0.15) is 37.0 Å². The lowest BCUT2D eigenvalue weighted by atomic mass is 10.2. The van der Waals surface area contributed by atoms with Crippen LogP contribution in [0.4, 0.5) is 0 Å². The Hall–Kier alpha value is -1.36. The molecule has 2 aromatic rings. The highest BCUT2D eigenvalue weighted by atomic mass is 35.5. The Labute approximate surface area is 136 Å². The summed E-state index contributed by atoms with van der Waals surface area (Å²) in [5.74, 6) is 0. The molecule has 1 saturated heterocycles. The van der Waals surface area contributed by atoms with E-state index in [9.17, 15) is 0 Å². The molecule has 0 spiro atoms. The second-order valence-electron chi connectivity index (χ2n) is 6.19. The molecule has 1 aliphatic heterocycles. The summed E-state index contributed by atoms with van der Waals surface area (Å²) in [7, 11) is 0.